The molecule has 0 saturated heterocycles. The maximum atomic E-state index is 10.7. The van der Waals surface area contributed by atoms with Crippen LogP contribution in [0.2, 0.25) is 0 Å². The molecule has 25 heavy (non-hydrogen) atoms. The lowest BCUT2D eigenvalue weighted by Gasteiger charge is -2.08. The number of hydrogen-bond donors (Lipinski definition) is 0. The summed E-state index contributed by atoms with van der Waals surface area (Å²) in [6.45, 7) is 1.03. The molecule has 0 spiro atoms. The second-order valence-corrected chi connectivity index (χ2v) is 4.82. The van der Waals surface area contributed by atoms with Crippen LogP contribution < -0.4 is 9.47 Å². The Morgan fingerprint density at radius 2 is 1.16 bits per heavy atom. The Kier molecular flexibility index (Phi) is 6.66. The molecule has 0 atom stereocenters. The van der Waals surface area contributed by atoms with Crippen LogP contribution in [0.1, 0.15) is 0 Å². The quantitative estimate of drug-likeness (QED) is 0.368. The van der Waals surface area contributed by atoms with E-state index >= 15 is 0 Å². The molecule has 0 heterocycles. The Balaban J connectivity index is 1.62. The number of non-ortho nitro benzene ring substituents is 2. The van der Waals surface area contributed by atoms with E-state index in [0.29, 0.717) is 11.5 Å². The molecule has 9 nitrogen and oxygen atoms in total. The van der Waals surface area contributed by atoms with Crippen LogP contribution in [0.15, 0.2) is 48.5 Å². The predicted molar refractivity (Wildman–Crippen MR) is 88.0 cm³/mol. The Morgan fingerprint density at radius 3 is 1.56 bits per heavy atom. The molecular formula is C16H16N2O7. The fraction of sp³-hybridized carbons (Fsp3) is 0.250. The molecule has 2 aromatic rings. The van der Waals surface area contributed by atoms with Crippen LogP contribution in [-0.4, -0.2) is 36.3 Å². The molecule has 0 aliphatic rings. The van der Waals surface area contributed by atoms with Crippen LogP contribution in [0.5, 0.6) is 11.5 Å². The number of benzene rings is 2. The summed E-state index contributed by atoms with van der Waals surface area (Å²) in [6, 6.07) is 11.8. The Hall–Kier alpha value is -3.20. The summed E-state index contributed by atoms with van der Waals surface area (Å²) in [7, 11) is 0. The molecule has 2 aromatic carbocycles. The minimum atomic E-state index is -0.491. The minimum Gasteiger partial charge on any atom is -0.491 e. The molecule has 0 fully saturated rings. The summed E-state index contributed by atoms with van der Waals surface area (Å²) >= 11 is 0. The van der Waals surface area contributed by atoms with Crippen molar-refractivity contribution < 1.29 is 24.1 Å². The zero-order valence-electron chi connectivity index (χ0n) is 13.2. The third kappa shape index (κ3) is 6.07. The summed E-state index contributed by atoms with van der Waals surface area (Å²) in [5.41, 5.74) is -0.0763. The fourth-order valence-corrected chi connectivity index (χ4v) is 1.91. The maximum absolute atomic E-state index is 10.7. The Labute approximate surface area is 143 Å². The fourth-order valence-electron chi connectivity index (χ4n) is 1.91. The first-order valence-corrected chi connectivity index (χ1v) is 7.38. The van der Waals surface area contributed by atoms with Crippen LogP contribution in [0, 0.1) is 20.2 Å². The Bertz CT molecular complexity index is 674. The molecule has 0 aliphatic carbocycles. The highest BCUT2D eigenvalue weighted by Gasteiger charge is 2.07. The summed E-state index contributed by atoms with van der Waals surface area (Å²) in [6.07, 6.45) is 0. The van der Waals surface area contributed by atoms with Crippen LogP contribution in [-0.2, 0) is 4.74 Å². The molecule has 0 amide bonds. The summed E-state index contributed by atoms with van der Waals surface area (Å²) in [4.78, 5) is 20.3. The van der Waals surface area contributed by atoms with Crippen molar-refractivity contribution in [2.24, 2.45) is 0 Å². The number of rotatable bonds is 10. The van der Waals surface area contributed by atoms with Crippen molar-refractivity contribution in [3.63, 3.8) is 0 Å². The van der Waals surface area contributed by atoms with E-state index in [-0.39, 0.29) is 37.8 Å². The predicted octanol–water partition coefficient (Wildman–Crippen LogP) is 2.98. The van der Waals surface area contributed by atoms with Crippen LogP contribution in [0.25, 0.3) is 0 Å². The molecule has 2 rings (SSSR count). The molecule has 9 heteroatoms. The van der Waals surface area contributed by atoms with Crippen molar-refractivity contribution in [3.8, 4) is 11.5 Å². The number of hydrogen-bond acceptors (Lipinski definition) is 7. The van der Waals surface area contributed by atoms with Gasteiger partial charge in [-0.1, -0.05) is 12.1 Å². The zero-order chi connectivity index (χ0) is 18.1. The summed E-state index contributed by atoms with van der Waals surface area (Å²) in [5.74, 6) is 0.788. The first-order chi connectivity index (χ1) is 12.1. The molecule has 0 aromatic heterocycles. The molecule has 0 unspecified atom stereocenters. The third-order valence-electron chi connectivity index (χ3n) is 3.05. The first kappa shape index (κ1) is 18.1. The first-order valence-electron chi connectivity index (χ1n) is 7.38. The maximum Gasteiger partial charge on any atom is 0.273 e. The Morgan fingerprint density at radius 1 is 0.720 bits per heavy atom. The average molecular weight is 348 g/mol. The molecule has 0 radical (unpaired) electrons. The molecule has 132 valence electrons. The third-order valence-corrected chi connectivity index (χ3v) is 3.05. The van der Waals surface area contributed by atoms with Crippen LogP contribution >= 0.6 is 0 Å². The standard InChI is InChI=1S/C16H16N2O7/c19-17(20)13-3-1-5-15(11-13)24-9-7-23-8-10-25-16-6-2-4-14(12-16)18(21)22/h1-6,11-12H,7-10H2. The van der Waals surface area contributed by atoms with Gasteiger partial charge in [0.25, 0.3) is 11.4 Å². The zero-order valence-corrected chi connectivity index (χ0v) is 13.2. The van der Waals surface area contributed by atoms with Crippen molar-refractivity contribution in [2.75, 3.05) is 26.4 Å². The SMILES string of the molecule is O=[N+]([O-])c1cccc(OCCOCCOc2cccc([N+](=O)[O-])c2)c1. The van der Waals surface area contributed by atoms with Crippen molar-refractivity contribution >= 4 is 11.4 Å². The smallest absolute Gasteiger partial charge is 0.273 e. The molecule has 0 N–H and O–H groups in total. The van der Waals surface area contributed by atoms with E-state index in [0.717, 1.165) is 0 Å². The highest BCUT2D eigenvalue weighted by Crippen LogP contribution is 2.19. The number of ether oxygens (including phenoxy) is 3. The molecule has 0 saturated carbocycles. The van der Waals surface area contributed by atoms with Crippen molar-refractivity contribution in [1.82, 2.24) is 0 Å². The van der Waals surface area contributed by atoms with E-state index in [1.54, 1.807) is 24.3 Å². The minimum absolute atomic E-state index is 0.0382. The highest BCUT2D eigenvalue weighted by atomic mass is 16.6. The number of nitrogens with zero attached hydrogens (tertiary/aromatic N) is 2. The van der Waals surface area contributed by atoms with Gasteiger partial charge < -0.3 is 14.2 Å². The van der Waals surface area contributed by atoms with Gasteiger partial charge in [-0.05, 0) is 12.1 Å². The van der Waals surface area contributed by atoms with E-state index in [1.165, 1.54) is 24.3 Å². The van der Waals surface area contributed by atoms with E-state index in [9.17, 15) is 20.2 Å². The largest absolute Gasteiger partial charge is 0.491 e. The van der Waals surface area contributed by atoms with Gasteiger partial charge in [0.05, 0.1) is 35.2 Å². The summed E-state index contributed by atoms with van der Waals surface area (Å²) < 4.78 is 16.0. The van der Waals surface area contributed by atoms with Gasteiger partial charge in [-0.2, -0.15) is 0 Å². The molecule has 0 aliphatic heterocycles. The van der Waals surface area contributed by atoms with E-state index < -0.39 is 9.85 Å². The van der Waals surface area contributed by atoms with Gasteiger partial charge in [-0.3, -0.25) is 20.2 Å². The van der Waals surface area contributed by atoms with Crippen LogP contribution in [0.3, 0.4) is 0 Å². The van der Waals surface area contributed by atoms with Gasteiger partial charge in [-0.15, -0.1) is 0 Å². The number of nitro benzene ring substituents is 2. The van der Waals surface area contributed by atoms with E-state index in [1.807, 2.05) is 0 Å². The topological polar surface area (TPSA) is 114 Å². The monoisotopic (exact) mass is 348 g/mol. The highest BCUT2D eigenvalue weighted by molar-refractivity contribution is 5.38. The van der Waals surface area contributed by atoms with Gasteiger partial charge in [0.2, 0.25) is 0 Å². The second kappa shape index (κ2) is 9.18. The lowest BCUT2D eigenvalue weighted by Crippen LogP contribution is -2.12. The van der Waals surface area contributed by atoms with Gasteiger partial charge >= 0.3 is 0 Å². The van der Waals surface area contributed by atoms with Crippen molar-refractivity contribution in [2.45, 2.75) is 0 Å². The van der Waals surface area contributed by atoms with Gasteiger partial charge in [0.1, 0.15) is 24.7 Å². The lowest BCUT2D eigenvalue weighted by atomic mass is 10.3. The van der Waals surface area contributed by atoms with Gasteiger partial charge in [0, 0.05) is 12.1 Å². The van der Waals surface area contributed by atoms with Crippen molar-refractivity contribution in [3.05, 3.63) is 68.8 Å². The van der Waals surface area contributed by atoms with Crippen molar-refractivity contribution in [1.29, 1.82) is 0 Å². The summed E-state index contributed by atoms with van der Waals surface area (Å²) in [5, 5.41) is 21.3. The average Bonchev–Trinajstić information content (AvgIpc) is 2.61. The van der Waals surface area contributed by atoms with E-state index in [2.05, 4.69) is 0 Å². The van der Waals surface area contributed by atoms with E-state index in [4.69, 9.17) is 14.2 Å². The second-order valence-electron chi connectivity index (χ2n) is 4.82. The molecule has 0 bridgehead atoms. The van der Waals surface area contributed by atoms with Gasteiger partial charge in [-0.25, -0.2) is 0 Å². The lowest BCUT2D eigenvalue weighted by molar-refractivity contribution is -0.385. The van der Waals surface area contributed by atoms with Crippen LogP contribution in [0.4, 0.5) is 11.4 Å². The normalized spacial score (nSPS) is 10.2. The van der Waals surface area contributed by atoms with Gasteiger partial charge in [0.15, 0.2) is 0 Å². The number of nitro groups is 2. The molecular weight excluding hydrogens is 332 g/mol.